The molecule has 0 bridgehead atoms. The van der Waals surface area contributed by atoms with Gasteiger partial charge in [-0.3, -0.25) is 0 Å². The van der Waals surface area contributed by atoms with E-state index in [1.54, 1.807) is 6.20 Å². The number of nitrogens with one attached hydrogen (secondary N) is 1. The van der Waals surface area contributed by atoms with Crippen LogP contribution in [0.1, 0.15) is 33.6 Å². The fourth-order valence-corrected chi connectivity index (χ4v) is 1.43. The largest absolute Gasteiger partial charge is 1.00 e. The van der Waals surface area contributed by atoms with Gasteiger partial charge in [0.25, 0.3) is 0 Å². The van der Waals surface area contributed by atoms with Crippen molar-refractivity contribution < 1.29 is 51.4 Å². The van der Waals surface area contributed by atoms with Crippen LogP contribution < -0.4 is 56.7 Å². The fraction of sp³-hybridized carbons (Fsp3) is 0.615. The van der Waals surface area contributed by atoms with E-state index in [9.17, 15) is 0 Å². The van der Waals surface area contributed by atoms with Crippen LogP contribution >= 0.6 is 0 Å². The number of hydrogen-bond donors (Lipinski definition) is 1. The Labute approximate surface area is 148 Å². The summed E-state index contributed by atoms with van der Waals surface area (Å²) in [6, 6.07) is 5.80. The molecule has 0 amide bonds. The Kier molecular flexibility index (Phi) is 8.89. The second-order valence-electron chi connectivity index (χ2n) is 5.22. The topological polar surface area (TPSA) is 39.0 Å². The molecule has 1 heterocycles. The van der Waals surface area contributed by atoms with Crippen molar-refractivity contribution in [2.24, 2.45) is 5.41 Å². The molecule has 0 spiro atoms. The third kappa shape index (κ3) is 8.29. The molecular formula is C13H22KN3. The summed E-state index contributed by atoms with van der Waals surface area (Å²) >= 11 is 0. The number of rotatable bonds is 5. The van der Waals surface area contributed by atoms with Gasteiger partial charge in [-0.25, -0.2) is 0 Å². The molecule has 1 N–H and O–H groups in total. The quantitative estimate of drug-likeness (QED) is 0.781. The second kappa shape index (κ2) is 8.61. The summed E-state index contributed by atoms with van der Waals surface area (Å²) in [6.07, 6.45) is 4.12. The zero-order chi connectivity index (χ0) is 12.0. The Hall–Kier alpha value is 0.546. The van der Waals surface area contributed by atoms with Gasteiger partial charge in [0.2, 0.25) is 0 Å². The monoisotopic (exact) mass is 259 g/mol. The van der Waals surface area contributed by atoms with Crippen LogP contribution in [0.3, 0.4) is 0 Å². The molecule has 1 aromatic rings. The maximum atomic E-state index is 4.56. The van der Waals surface area contributed by atoms with Crippen LogP contribution in [0.25, 0.3) is 5.32 Å². The van der Waals surface area contributed by atoms with Crippen LogP contribution in [0.4, 0.5) is 5.82 Å². The summed E-state index contributed by atoms with van der Waals surface area (Å²) in [4.78, 5) is 4.20. The number of nitrogens with zero attached hydrogens (tertiary/aromatic N) is 2. The van der Waals surface area contributed by atoms with E-state index in [4.69, 9.17) is 0 Å². The van der Waals surface area contributed by atoms with Crippen molar-refractivity contribution in [3.63, 3.8) is 0 Å². The van der Waals surface area contributed by atoms with E-state index in [2.05, 4.69) is 36.4 Å². The van der Waals surface area contributed by atoms with Crippen molar-refractivity contribution in [1.29, 1.82) is 0 Å². The Bertz CT molecular complexity index is 295. The average molecular weight is 259 g/mol. The van der Waals surface area contributed by atoms with Crippen LogP contribution in [0.15, 0.2) is 24.4 Å². The van der Waals surface area contributed by atoms with E-state index in [-0.39, 0.29) is 57.6 Å². The molecule has 3 nitrogen and oxygen atoms in total. The third-order valence-electron chi connectivity index (χ3n) is 2.44. The van der Waals surface area contributed by atoms with Crippen molar-refractivity contribution in [2.45, 2.75) is 39.8 Å². The zero-order valence-corrected chi connectivity index (χ0v) is 14.8. The van der Waals surface area contributed by atoms with Crippen LogP contribution in [0.5, 0.6) is 0 Å². The Balaban J connectivity index is 0.00000256. The molecule has 0 aliphatic carbocycles. The SMILES string of the molecule is CNC(CCC(C)(C)C)[N-]c1ccccn1.[K+]. The van der Waals surface area contributed by atoms with Crippen LogP contribution in [0, 0.1) is 5.41 Å². The Morgan fingerprint density at radius 2 is 2.06 bits per heavy atom. The molecule has 0 radical (unpaired) electrons. The van der Waals surface area contributed by atoms with E-state index in [0.29, 0.717) is 5.41 Å². The third-order valence-corrected chi connectivity index (χ3v) is 2.44. The molecule has 1 rings (SSSR count). The first-order chi connectivity index (χ1) is 7.51. The van der Waals surface area contributed by atoms with Crippen LogP contribution in [-0.4, -0.2) is 18.2 Å². The molecule has 1 unspecified atom stereocenters. The predicted molar refractivity (Wildman–Crippen MR) is 68.8 cm³/mol. The van der Waals surface area contributed by atoms with E-state index < -0.39 is 0 Å². The Morgan fingerprint density at radius 1 is 1.35 bits per heavy atom. The van der Waals surface area contributed by atoms with Gasteiger partial charge in [-0.2, -0.15) is 0 Å². The smallest absolute Gasteiger partial charge is 0.449 e. The molecule has 0 aliphatic heterocycles. The molecule has 0 aromatic carbocycles. The molecule has 0 aliphatic rings. The molecule has 0 fully saturated rings. The molecule has 90 valence electrons. The average Bonchev–Trinajstić information content (AvgIpc) is 2.24. The molecule has 4 heteroatoms. The first kappa shape index (κ1) is 17.5. The summed E-state index contributed by atoms with van der Waals surface area (Å²) in [5.41, 5.74) is 0.356. The first-order valence-electron chi connectivity index (χ1n) is 5.80. The molecular weight excluding hydrogens is 237 g/mol. The Morgan fingerprint density at radius 3 is 2.53 bits per heavy atom. The van der Waals surface area contributed by atoms with Gasteiger partial charge in [-0.15, -0.1) is 0 Å². The van der Waals surface area contributed by atoms with Gasteiger partial charge < -0.3 is 15.6 Å². The van der Waals surface area contributed by atoms with Gasteiger partial charge in [0, 0.05) is 6.17 Å². The summed E-state index contributed by atoms with van der Waals surface area (Å²) in [6.45, 7) is 6.75. The normalized spacial score (nSPS) is 12.7. The summed E-state index contributed by atoms with van der Waals surface area (Å²) in [5.74, 6) is 0.802. The molecule has 0 saturated carbocycles. The molecule has 0 saturated heterocycles. The van der Waals surface area contributed by atoms with Crippen molar-refractivity contribution in [2.75, 3.05) is 7.05 Å². The van der Waals surface area contributed by atoms with Crippen LogP contribution in [-0.2, 0) is 0 Å². The van der Waals surface area contributed by atoms with Gasteiger partial charge >= 0.3 is 51.4 Å². The zero-order valence-electron chi connectivity index (χ0n) is 11.7. The number of hydrogen-bond acceptors (Lipinski definition) is 2. The van der Waals surface area contributed by atoms with E-state index in [1.165, 1.54) is 0 Å². The van der Waals surface area contributed by atoms with E-state index in [1.807, 2.05) is 25.2 Å². The van der Waals surface area contributed by atoms with Crippen molar-refractivity contribution >= 4 is 5.82 Å². The fourth-order valence-electron chi connectivity index (χ4n) is 1.43. The molecule has 1 aromatic heterocycles. The summed E-state index contributed by atoms with van der Waals surface area (Å²) < 4.78 is 0. The van der Waals surface area contributed by atoms with Crippen LogP contribution in [0.2, 0.25) is 0 Å². The standard InChI is InChI=1S/C13H22N3.K/c1-13(2,3)9-8-11(14-4)16-12-7-5-6-10-15-12;/h5-7,10-11,14H,8-9H2,1-4H3;/q-1;+1. The minimum Gasteiger partial charge on any atom is -0.449 e. The summed E-state index contributed by atoms with van der Waals surface area (Å²) in [7, 11) is 1.94. The second-order valence-corrected chi connectivity index (χ2v) is 5.22. The van der Waals surface area contributed by atoms with Gasteiger partial charge in [-0.05, 0) is 25.3 Å². The van der Waals surface area contributed by atoms with Crippen molar-refractivity contribution in [3.8, 4) is 0 Å². The van der Waals surface area contributed by atoms with E-state index >= 15 is 0 Å². The minimum atomic E-state index is 0. The van der Waals surface area contributed by atoms with E-state index in [0.717, 1.165) is 18.7 Å². The van der Waals surface area contributed by atoms with Gasteiger partial charge in [0.15, 0.2) is 0 Å². The first-order valence-corrected chi connectivity index (χ1v) is 5.80. The summed E-state index contributed by atoms with van der Waals surface area (Å²) in [5, 5.41) is 7.77. The van der Waals surface area contributed by atoms with Crippen molar-refractivity contribution in [3.05, 3.63) is 29.7 Å². The van der Waals surface area contributed by atoms with Gasteiger partial charge in [-0.1, -0.05) is 51.0 Å². The maximum Gasteiger partial charge on any atom is 1.00 e. The predicted octanol–water partition coefficient (Wildman–Crippen LogP) is 0.463. The maximum absolute atomic E-state index is 4.56. The van der Waals surface area contributed by atoms with Gasteiger partial charge in [0.05, 0.1) is 0 Å². The van der Waals surface area contributed by atoms with Crippen molar-refractivity contribution in [1.82, 2.24) is 10.3 Å². The van der Waals surface area contributed by atoms with Gasteiger partial charge in [0.1, 0.15) is 0 Å². The minimum absolute atomic E-state index is 0. The molecule has 17 heavy (non-hydrogen) atoms. The molecule has 1 atom stereocenters. The number of pyridine rings is 1. The number of aromatic nitrogens is 1.